The van der Waals surface area contributed by atoms with Crippen LogP contribution in [0.2, 0.25) is 0 Å². The van der Waals surface area contributed by atoms with E-state index in [4.69, 9.17) is 9.39 Å². The Morgan fingerprint density at radius 3 is 2.23 bits per heavy atom. The Kier molecular flexibility index (Phi) is 7.53. The molecular formula is C20H34BN2O3. The van der Waals surface area contributed by atoms with Gasteiger partial charge < -0.3 is 24.3 Å². The van der Waals surface area contributed by atoms with E-state index in [9.17, 15) is 5.11 Å². The Morgan fingerprint density at radius 2 is 1.65 bits per heavy atom. The number of rotatable bonds is 9. The quantitative estimate of drug-likeness (QED) is 0.534. The first-order valence-corrected chi connectivity index (χ1v) is 9.54. The van der Waals surface area contributed by atoms with E-state index in [0.29, 0.717) is 0 Å². The third-order valence-electron chi connectivity index (χ3n) is 5.33. The SMILES string of the molecule is CN1CCN(CCCOc2ccc([B]OC(C)(C)C(C)(C)O)cc2)CC1. The molecule has 1 heterocycles. The molecule has 0 amide bonds. The third-order valence-corrected chi connectivity index (χ3v) is 5.33. The lowest BCUT2D eigenvalue weighted by molar-refractivity contribution is -0.0893. The van der Waals surface area contributed by atoms with E-state index in [1.807, 2.05) is 38.1 Å². The van der Waals surface area contributed by atoms with Crippen LogP contribution in [0.3, 0.4) is 0 Å². The first kappa shape index (κ1) is 21.2. The minimum atomic E-state index is -0.920. The van der Waals surface area contributed by atoms with E-state index < -0.39 is 11.2 Å². The van der Waals surface area contributed by atoms with Gasteiger partial charge in [0.1, 0.15) is 5.75 Å². The van der Waals surface area contributed by atoms with Gasteiger partial charge in [-0.05, 0) is 53.3 Å². The van der Waals surface area contributed by atoms with Gasteiger partial charge in [0.15, 0.2) is 0 Å². The van der Waals surface area contributed by atoms with E-state index in [-0.39, 0.29) is 0 Å². The van der Waals surface area contributed by atoms with Gasteiger partial charge in [-0.15, -0.1) is 0 Å². The summed E-state index contributed by atoms with van der Waals surface area (Å²) in [7, 11) is 3.87. The number of aliphatic hydroxyl groups is 1. The smallest absolute Gasteiger partial charge is 0.330 e. The molecule has 2 rings (SSSR count). The van der Waals surface area contributed by atoms with Gasteiger partial charge in [0.05, 0.1) is 17.8 Å². The average Bonchev–Trinajstić information content (AvgIpc) is 2.58. The van der Waals surface area contributed by atoms with Gasteiger partial charge in [0.25, 0.3) is 0 Å². The molecule has 1 saturated heterocycles. The number of ether oxygens (including phenoxy) is 1. The van der Waals surface area contributed by atoms with Gasteiger partial charge in [0.2, 0.25) is 0 Å². The Labute approximate surface area is 159 Å². The van der Waals surface area contributed by atoms with Crippen molar-refractivity contribution in [2.45, 2.75) is 45.3 Å². The molecule has 1 aliphatic rings. The standard InChI is InChI=1S/C20H34BN2O3/c1-19(2,24)20(3,4)26-21-17-7-9-18(10-8-17)25-16-6-11-23-14-12-22(5)13-15-23/h7-10,24H,6,11-16H2,1-5H3. The highest BCUT2D eigenvalue weighted by molar-refractivity contribution is 6.47. The van der Waals surface area contributed by atoms with E-state index in [1.165, 1.54) is 0 Å². The van der Waals surface area contributed by atoms with Crippen LogP contribution < -0.4 is 10.2 Å². The lowest BCUT2D eigenvalue weighted by Gasteiger charge is -2.37. The molecule has 1 aliphatic heterocycles. The van der Waals surface area contributed by atoms with E-state index in [1.54, 1.807) is 21.3 Å². The molecule has 1 aromatic rings. The number of benzene rings is 1. The summed E-state index contributed by atoms with van der Waals surface area (Å²) >= 11 is 0. The highest BCUT2D eigenvalue weighted by atomic mass is 16.5. The normalized spacial score (nSPS) is 17.3. The maximum absolute atomic E-state index is 10.1. The number of hydrogen-bond acceptors (Lipinski definition) is 5. The van der Waals surface area contributed by atoms with Crippen LogP contribution in [0.1, 0.15) is 34.1 Å². The predicted octanol–water partition coefficient (Wildman–Crippen LogP) is 1.51. The van der Waals surface area contributed by atoms with Gasteiger partial charge in [-0.1, -0.05) is 17.6 Å². The molecule has 0 spiro atoms. The lowest BCUT2D eigenvalue weighted by Crippen LogP contribution is -2.49. The zero-order valence-corrected chi connectivity index (χ0v) is 17.0. The summed E-state index contributed by atoms with van der Waals surface area (Å²) in [6.07, 6.45) is 1.04. The number of likely N-dealkylation sites (N-methyl/N-ethyl adjacent to an activating group) is 1. The maximum Gasteiger partial charge on any atom is 0.330 e. The molecule has 0 atom stereocenters. The van der Waals surface area contributed by atoms with Gasteiger partial charge in [-0.3, -0.25) is 0 Å². The van der Waals surface area contributed by atoms with Gasteiger partial charge in [-0.25, -0.2) is 0 Å². The zero-order chi connectivity index (χ0) is 19.2. The summed E-state index contributed by atoms with van der Waals surface area (Å²) < 4.78 is 11.6. The predicted molar refractivity (Wildman–Crippen MR) is 107 cm³/mol. The highest BCUT2D eigenvalue weighted by Crippen LogP contribution is 2.24. The largest absolute Gasteiger partial charge is 0.494 e. The highest BCUT2D eigenvalue weighted by Gasteiger charge is 2.35. The van der Waals surface area contributed by atoms with Gasteiger partial charge >= 0.3 is 7.48 Å². The lowest BCUT2D eigenvalue weighted by atomic mass is 9.82. The van der Waals surface area contributed by atoms with E-state index in [2.05, 4.69) is 16.8 Å². The van der Waals surface area contributed by atoms with Crippen molar-refractivity contribution in [1.82, 2.24) is 9.80 Å². The molecule has 0 bridgehead atoms. The Balaban J connectivity index is 1.67. The van der Waals surface area contributed by atoms with Crippen LogP contribution in [0, 0.1) is 0 Å². The van der Waals surface area contributed by atoms with Gasteiger partial charge in [-0.2, -0.15) is 0 Å². The van der Waals surface area contributed by atoms with E-state index >= 15 is 0 Å². The topological polar surface area (TPSA) is 45.2 Å². The second kappa shape index (κ2) is 9.22. The summed E-state index contributed by atoms with van der Waals surface area (Å²) in [5.74, 6) is 0.877. The van der Waals surface area contributed by atoms with Crippen LogP contribution in [0.4, 0.5) is 0 Å². The zero-order valence-electron chi connectivity index (χ0n) is 17.0. The van der Waals surface area contributed by atoms with E-state index in [0.717, 1.165) is 57.0 Å². The second-order valence-electron chi connectivity index (χ2n) is 8.22. The number of piperazine rings is 1. The van der Waals surface area contributed by atoms with Crippen LogP contribution in [0.15, 0.2) is 24.3 Å². The molecule has 0 saturated carbocycles. The molecule has 26 heavy (non-hydrogen) atoms. The van der Waals surface area contributed by atoms with Crippen molar-refractivity contribution in [1.29, 1.82) is 0 Å². The Bertz CT molecular complexity index is 535. The fourth-order valence-corrected chi connectivity index (χ4v) is 2.55. The van der Waals surface area contributed by atoms with Gasteiger partial charge in [0, 0.05) is 32.7 Å². The average molecular weight is 361 g/mol. The molecule has 0 aliphatic carbocycles. The molecule has 0 aromatic heterocycles. The second-order valence-corrected chi connectivity index (χ2v) is 8.22. The minimum Gasteiger partial charge on any atom is -0.494 e. The van der Waals surface area contributed by atoms with Crippen LogP contribution in [0.5, 0.6) is 5.75 Å². The molecule has 145 valence electrons. The van der Waals surface area contributed by atoms with Crippen LogP contribution in [-0.2, 0) is 4.65 Å². The summed E-state index contributed by atoms with van der Waals surface area (Å²) in [4.78, 5) is 4.88. The number of hydrogen-bond donors (Lipinski definition) is 1. The summed E-state index contributed by atoms with van der Waals surface area (Å²) in [6, 6.07) is 7.86. The monoisotopic (exact) mass is 361 g/mol. The molecular weight excluding hydrogens is 327 g/mol. The molecule has 1 fully saturated rings. The van der Waals surface area contributed by atoms with Crippen molar-refractivity contribution in [2.24, 2.45) is 0 Å². The Hall–Kier alpha value is -1.08. The molecule has 6 heteroatoms. The van der Waals surface area contributed by atoms with Crippen LogP contribution in [0.25, 0.3) is 0 Å². The van der Waals surface area contributed by atoms with Crippen molar-refractivity contribution >= 4 is 12.9 Å². The third kappa shape index (κ3) is 6.58. The van der Waals surface area contributed by atoms with Crippen LogP contribution >= 0.6 is 0 Å². The maximum atomic E-state index is 10.1. The molecule has 0 unspecified atom stereocenters. The first-order chi connectivity index (χ1) is 12.2. The van der Waals surface area contributed by atoms with Crippen molar-refractivity contribution in [2.75, 3.05) is 46.4 Å². The fourth-order valence-electron chi connectivity index (χ4n) is 2.55. The van der Waals surface area contributed by atoms with Crippen molar-refractivity contribution in [3.8, 4) is 5.75 Å². The fraction of sp³-hybridized carbons (Fsp3) is 0.700. The Morgan fingerprint density at radius 1 is 1.04 bits per heavy atom. The molecule has 1 N–H and O–H groups in total. The summed E-state index contributed by atoms with van der Waals surface area (Å²) in [5.41, 5.74) is -0.631. The number of nitrogens with zero attached hydrogens (tertiary/aromatic N) is 2. The minimum absolute atomic E-state index is 0.661. The first-order valence-electron chi connectivity index (χ1n) is 9.54. The summed E-state index contributed by atoms with van der Waals surface area (Å²) in [5, 5.41) is 10.1. The van der Waals surface area contributed by atoms with Crippen molar-refractivity contribution in [3.63, 3.8) is 0 Å². The molecule has 5 nitrogen and oxygen atoms in total. The van der Waals surface area contributed by atoms with Crippen molar-refractivity contribution in [3.05, 3.63) is 24.3 Å². The molecule has 1 radical (unpaired) electrons. The summed E-state index contributed by atoms with van der Waals surface area (Å²) in [6.45, 7) is 13.7. The van der Waals surface area contributed by atoms with Crippen molar-refractivity contribution < 1.29 is 14.5 Å². The molecule has 1 aromatic carbocycles. The van der Waals surface area contributed by atoms with Crippen LogP contribution in [-0.4, -0.2) is 80.0 Å².